The topological polar surface area (TPSA) is 79.5 Å². The Hall–Kier alpha value is -4.00. The van der Waals surface area contributed by atoms with E-state index >= 15 is 0 Å². The van der Waals surface area contributed by atoms with Gasteiger partial charge in [-0.25, -0.2) is 4.98 Å². The number of aryl methyl sites for hydroxylation is 3. The van der Waals surface area contributed by atoms with Gasteiger partial charge in [0.25, 0.3) is 17.5 Å². The third-order valence-corrected chi connectivity index (χ3v) is 6.35. The number of hydrogen-bond donors (Lipinski definition) is 0. The lowest BCUT2D eigenvalue weighted by molar-refractivity contribution is 0.0536. The molecule has 0 aliphatic carbocycles. The summed E-state index contributed by atoms with van der Waals surface area (Å²) in [5.41, 5.74) is 6.02. The fourth-order valence-electron chi connectivity index (χ4n) is 4.30. The van der Waals surface area contributed by atoms with E-state index in [0.717, 1.165) is 16.7 Å². The van der Waals surface area contributed by atoms with Crippen molar-refractivity contribution in [2.24, 2.45) is 0 Å². The summed E-state index contributed by atoms with van der Waals surface area (Å²) in [4.78, 5) is 34.7. The van der Waals surface area contributed by atoms with Crippen LogP contribution < -0.4 is 0 Å². The van der Waals surface area contributed by atoms with Crippen molar-refractivity contribution in [1.29, 1.82) is 0 Å². The maximum absolute atomic E-state index is 13.6. The van der Waals surface area contributed by atoms with Crippen LogP contribution in [0.15, 0.2) is 59.1 Å². The number of nitrogens with zero attached hydrogens (tertiary/aromatic N) is 4. The van der Waals surface area contributed by atoms with E-state index in [2.05, 4.69) is 10.1 Å². The van der Waals surface area contributed by atoms with Crippen molar-refractivity contribution in [3.05, 3.63) is 82.5 Å². The molecule has 0 unspecified atom stereocenters. The highest BCUT2D eigenvalue weighted by Crippen LogP contribution is 2.28. The number of benzene rings is 2. The zero-order valence-corrected chi connectivity index (χ0v) is 19.5. The highest BCUT2D eigenvalue weighted by molar-refractivity contribution is 6.07. The number of aromatic nitrogens is 2. The van der Waals surface area contributed by atoms with Crippen molar-refractivity contribution in [3.8, 4) is 11.3 Å². The first-order valence-corrected chi connectivity index (χ1v) is 11.4. The van der Waals surface area contributed by atoms with E-state index in [4.69, 9.17) is 4.52 Å². The maximum Gasteiger partial charge on any atom is 0.259 e. The highest BCUT2D eigenvalue weighted by Gasteiger charge is 2.28. The first-order valence-electron chi connectivity index (χ1n) is 11.4. The number of piperazine rings is 1. The van der Waals surface area contributed by atoms with E-state index in [1.54, 1.807) is 9.80 Å². The van der Waals surface area contributed by atoms with Crippen LogP contribution in [0.5, 0.6) is 0 Å². The van der Waals surface area contributed by atoms with Crippen molar-refractivity contribution in [1.82, 2.24) is 19.9 Å². The molecule has 0 bridgehead atoms. The van der Waals surface area contributed by atoms with E-state index in [1.807, 2.05) is 75.4 Å². The van der Waals surface area contributed by atoms with Gasteiger partial charge < -0.3 is 14.3 Å². The molecular formula is C27H26N4O3. The van der Waals surface area contributed by atoms with E-state index in [-0.39, 0.29) is 11.8 Å². The summed E-state index contributed by atoms with van der Waals surface area (Å²) in [7, 11) is 0. The summed E-state index contributed by atoms with van der Waals surface area (Å²) in [6.45, 7) is 7.73. The Morgan fingerprint density at radius 1 is 0.794 bits per heavy atom. The molecule has 34 heavy (non-hydrogen) atoms. The summed E-state index contributed by atoms with van der Waals surface area (Å²) in [6, 6.07) is 17.4. The smallest absolute Gasteiger partial charge is 0.259 e. The third kappa shape index (κ3) is 4.05. The van der Waals surface area contributed by atoms with Crippen molar-refractivity contribution >= 4 is 22.9 Å². The molecule has 0 saturated carbocycles. The van der Waals surface area contributed by atoms with Crippen LogP contribution in [-0.4, -0.2) is 57.9 Å². The summed E-state index contributed by atoms with van der Waals surface area (Å²) >= 11 is 0. The molecule has 2 amide bonds. The minimum Gasteiger partial charge on any atom is -0.335 e. The van der Waals surface area contributed by atoms with Crippen LogP contribution in [0.3, 0.4) is 0 Å². The van der Waals surface area contributed by atoms with Gasteiger partial charge in [-0.3, -0.25) is 9.59 Å². The molecule has 2 aromatic heterocycles. The Morgan fingerprint density at radius 2 is 1.35 bits per heavy atom. The molecule has 0 spiro atoms. The van der Waals surface area contributed by atoms with Gasteiger partial charge in [-0.2, -0.15) is 0 Å². The summed E-state index contributed by atoms with van der Waals surface area (Å²) < 4.78 is 5.43. The van der Waals surface area contributed by atoms with Gasteiger partial charge in [0, 0.05) is 37.3 Å². The van der Waals surface area contributed by atoms with Gasteiger partial charge in [0.05, 0.1) is 22.3 Å². The van der Waals surface area contributed by atoms with Gasteiger partial charge in [0.1, 0.15) is 0 Å². The zero-order chi connectivity index (χ0) is 23.8. The number of fused-ring (bicyclic) bond motifs is 1. The zero-order valence-electron chi connectivity index (χ0n) is 19.5. The van der Waals surface area contributed by atoms with Gasteiger partial charge in [0.15, 0.2) is 0 Å². The molecule has 172 valence electrons. The first-order chi connectivity index (χ1) is 16.4. The Bertz CT molecular complexity index is 1370. The van der Waals surface area contributed by atoms with Crippen LogP contribution in [0.4, 0.5) is 0 Å². The van der Waals surface area contributed by atoms with E-state index in [0.29, 0.717) is 59.8 Å². The minimum atomic E-state index is -0.102. The Kier molecular flexibility index (Phi) is 5.61. The predicted molar refractivity (Wildman–Crippen MR) is 130 cm³/mol. The molecule has 0 N–H and O–H groups in total. The fraction of sp³-hybridized carbons (Fsp3) is 0.259. The average Bonchev–Trinajstić information content (AvgIpc) is 3.24. The number of pyridine rings is 1. The molecule has 7 nitrogen and oxygen atoms in total. The van der Waals surface area contributed by atoms with Crippen molar-refractivity contribution < 1.29 is 14.1 Å². The maximum atomic E-state index is 13.6. The Morgan fingerprint density at radius 3 is 1.97 bits per heavy atom. The fourth-order valence-corrected chi connectivity index (χ4v) is 4.30. The number of hydrogen-bond acceptors (Lipinski definition) is 5. The molecule has 5 rings (SSSR count). The second-order valence-corrected chi connectivity index (χ2v) is 8.82. The first kappa shape index (κ1) is 21.8. The SMILES string of the molecule is Cc1ccc(C(=O)N2CCN(C(=O)c3cc(-c4ccc(C)cc4)nc4onc(C)c34)CC2)cc1. The number of carbonyl (C=O) groups is 2. The van der Waals surface area contributed by atoms with Crippen LogP contribution >= 0.6 is 0 Å². The second kappa shape index (κ2) is 8.74. The minimum absolute atomic E-state index is 0.00469. The summed E-state index contributed by atoms with van der Waals surface area (Å²) in [5.74, 6) is -0.107. The lowest BCUT2D eigenvalue weighted by Gasteiger charge is -2.35. The standard InChI is InChI=1S/C27H26N4O3/c1-17-4-8-20(9-5-17)23-16-22(24-19(3)29-34-25(24)28-23)27(33)31-14-12-30(13-15-31)26(32)21-10-6-18(2)7-11-21/h4-11,16H,12-15H2,1-3H3. The Balaban J connectivity index is 1.39. The second-order valence-electron chi connectivity index (χ2n) is 8.82. The molecule has 1 aliphatic rings. The monoisotopic (exact) mass is 454 g/mol. The number of rotatable bonds is 3. The molecule has 7 heteroatoms. The molecule has 0 radical (unpaired) electrons. The van der Waals surface area contributed by atoms with Crippen molar-refractivity contribution in [3.63, 3.8) is 0 Å². The lowest BCUT2D eigenvalue weighted by atomic mass is 10.0. The normalized spacial score (nSPS) is 14.0. The quantitative estimate of drug-likeness (QED) is 0.458. The van der Waals surface area contributed by atoms with Gasteiger partial charge in [-0.1, -0.05) is 52.7 Å². The van der Waals surface area contributed by atoms with Gasteiger partial charge in [0.2, 0.25) is 0 Å². The predicted octanol–water partition coefficient (Wildman–Crippen LogP) is 4.41. The van der Waals surface area contributed by atoms with Crippen LogP contribution in [0, 0.1) is 20.8 Å². The molecule has 1 saturated heterocycles. The summed E-state index contributed by atoms with van der Waals surface area (Å²) in [6.07, 6.45) is 0. The molecule has 0 atom stereocenters. The number of amides is 2. The molecule has 3 heterocycles. The summed E-state index contributed by atoms with van der Waals surface area (Å²) in [5, 5.41) is 4.68. The third-order valence-electron chi connectivity index (χ3n) is 6.35. The van der Waals surface area contributed by atoms with Gasteiger partial charge in [-0.15, -0.1) is 0 Å². The molecule has 2 aromatic carbocycles. The van der Waals surface area contributed by atoms with Crippen LogP contribution in [0.25, 0.3) is 22.4 Å². The molecule has 1 aliphatic heterocycles. The highest BCUT2D eigenvalue weighted by atomic mass is 16.5. The van der Waals surface area contributed by atoms with Crippen LogP contribution in [0.2, 0.25) is 0 Å². The van der Waals surface area contributed by atoms with Gasteiger partial charge >= 0.3 is 0 Å². The molecule has 1 fully saturated rings. The van der Waals surface area contributed by atoms with Crippen molar-refractivity contribution in [2.45, 2.75) is 20.8 Å². The van der Waals surface area contributed by atoms with Crippen LogP contribution in [0.1, 0.15) is 37.5 Å². The number of carbonyl (C=O) groups excluding carboxylic acids is 2. The van der Waals surface area contributed by atoms with E-state index < -0.39 is 0 Å². The average molecular weight is 455 g/mol. The van der Waals surface area contributed by atoms with Crippen molar-refractivity contribution in [2.75, 3.05) is 26.2 Å². The largest absolute Gasteiger partial charge is 0.335 e. The lowest BCUT2D eigenvalue weighted by Crippen LogP contribution is -2.50. The van der Waals surface area contributed by atoms with Crippen LogP contribution in [-0.2, 0) is 0 Å². The molecular weight excluding hydrogens is 428 g/mol. The van der Waals surface area contributed by atoms with E-state index in [9.17, 15) is 9.59 Å². The molecule has 4 aromatic rings. The van der Waals surface area contributed by atoms with E-state index in [1.165, 1.54) is 0 Å². The Labute approximate surface area is 198 Å². The van der Waals surface area contributed by atoms with Gasteiger partial charge in [-0.05, 0) is 39.0 Å².